The molecule has 7 nitrogen and oxygen atoms in total. The van der Waals surface area contributed by atoms with E-state index < -0.39 is 16.7 Å². The second kappa shape index (κ2) is 9.28. The fourth-order valence-electron chi connectivity index (χ4n) is 2.27. The summed E-state index contributed by atoms with van der Waals surface area (Å²) in [7, 11) is 0. The zero-order chi connectivity index (χ0) is 19.8. The van der Waals surface area contributed by atoms with E-state index in [4.69, 9.17) is 9.47 Å². The molecule has 0 aromatic heterocycles. The second-order valence-electron chi connectivity index (χ2n) is 5.58. The minimum Gasteiger partial charge on any atom is -0.488 e. The van der Waals surface area contributed by atoms with Gasteiger partial charge in [0, 0.05) is 17.7 Å². The Balaban J connectivity index is 2.21. The SMILES string of the molecule is CCOC(=O)C(=Cc1ccccc1OCc1ccc([N+](=O)[O-])cc1)C(C)=O. The number of hydrogen-bond acceptors (Lipinski definition) is 6. The third kappa shape index (κ3) is 5.50. The predicted octanol–water partition coefficient (Wildman–Crippen LogP) is 3.71. The third-order valence-corrected chi connectivity index (χ3v) is 3.63. The zero-order valence-corrected chi connectivity index (χ0v) is 15.0. The first-order chi connectivity index (χ1) is 12.9. The van der Waals surface area contributed by atoms with E-state index in [1.165, 1.54) is 25.1 Å². The van der Waals surface area contributed by atoms with Gasteiger partial charge in [-0.15, -0.1) is 0 Å². The van der Waals surface area contributed by atoms with Gasteiger partial charge in [-0.05, 0) is 43.7 Å². The van der Waals surface area contributed by atoms with Crippen LogP contribution in [-0.2, 0) is 20.9 Å². The van der Waals surface area contributed by atoms with E-state index in [0.29, 0.717) is 11.3 Å². The number of nitrogens with zero attached hydrogens (tertiary/aromatic N) is 1. The second-order valence-corrected chi connectivity index (χ2v) is 5.58. The number of para-hydroxylation sites is 1. The smallest absolute Gasteiger partial charge is 0.341 e. The van der Waals surface area contributed by atoms with Gasteiger partial charge >= 0.3 is 5.97 Å². The molecule has 0 saturated carbocycles. The molecule has 140 valence electrons. The summed E-state index contributed by atoms with van der Waals surface area (Å²) in [5, 5.41) is 10.7. The lowest BCUT2D eigenvalue weighted by atomic mass is 10.1. The van der Waals surface area contributed by atoms with Crippen molar-refractivity contribution in [1.29, 1.82) is 0 Å². The summed E-state index contributed by atoms with van der Waals surface area (Å²) in [4.78, 5) is 34.0. The van der Waals surface area contributed by atoms with Gasteiger partial charge in [-0.3, -0.25) is 14.9 Å². The minimum absolute atomic E-state index is 0.00243. The summed E-state index contributed by atoms with van der Waals surface area (Å²) >= 11 is 0. The third-order valence-electron chi connectivity index (χ3n) is 3.63. The Bertz CT molecular complexity index is 870. The largest absolute Gasteiger partial charge is 0.488 e. The number of carbonyl (C=O) groups is 2. The first-order valence-corrected chi connectivity index (χ1v) is 8.27. The fourth-order valence-corrected chi connectivity index (χ4v) is 2.27. The number of hydrogen-bond donors (Lipinski definition) is 0. The first-order valence-electron chi connectivity index (χ1n) is 8.27. The summed E-state index contributed by atoms with van der Waals surface area (Å²) in [5.74, 6) is -0.618. The van der Waals surface area contributed by atoms with Crippen molar-refractivity contribution in [2.24, 2.45) is 0 Å². The summed E-state index contributed by atoms with van der Waals surface area (Å²) in [6.07, 6.45) is 1.44. The molecule has 0 radical (unpaired) electrons. The molecule has 0 unspecified atom stereocenters. The van der Waals surface area contributed by atoms with Crippen molar-refractivity contribution in [3.8, 4) is 5.75 Å². The van der Waals surface area contributed by atoms with Gasteiger partial charge in [-0.1, -0.05) is 18.2 Å². The topological polar surface area (TPSA) is 95.7 Å². The minimum atomic E-state index is -0.685. The maximum atomic E-state index is 12.0. The Labute approximate surface area is 156 Å². The maximum absolute atomic E-state index is 12.0. The maximum Gasteiger partial charge on any atom is 0.341 e. The molecule has 2 rings (SSSR count). The van der Waals surface area contributed by atoms with Gasteiger partial charge in [0.05, 0.1) is 11.5 Å². The van der Waals surface area contributed by atoms with Crippen LogP contribution in [0.5, 0.6) is 5.75 Å². The van der Waals surface area contributed by atoms with E-state index in [1.807, 2.05) is 0 Å². The molecule has 2 aromatic rings. The molecule has 2 aromatic carbocycles. The molecule has 0 aliphatic heterocycles. The van der Waals surface area contributed by atoms with Gasteiger partial charge in [0.2, 0.25) is 0 Å². The lowest BCUT2D eigenvalue weighted by Crippen LogP contribution is -2.13. The monoisotopic (exact) mass is 369 g/mol. The van der Waals surface area contributed by atoms with Crippen molar-refractivity contribution in [2.45, 2.75) is 20.5 Å². The molecular weight excluding hydrogens is 350 g/mol. The van der Waals surface area contributed by atoms with Crippen LogP contribution in [0.1, 0.15) is 25.0 Å². The number of esters is 1. The van der Waals surface area contributed by atoms with E-state index >= 15 is 0 Å². The molecule has 0 atom stereocenters. The van der Waals surface area contributed by atoms with Crippen molar-refractivity contribution < 1.29 is 24.0 Å². The van der Waals surface area contributed by atoms with E-state index in [-0.39, 0.29) is 24.5 Å². The Morgan fingerprint density at radius 2 is 1.78 bits per heavy atom. The van der Waals surface area contributed by atoms with Gasteiger partial charge in [-0.25, -0.2) is 4.79 Å². The normalized spacial score (nSPS) is 11.0. The van der Waals surface area contributed by atoms with Crippen LogP contribution in [0.4, 0.5) is 5.69 Å². The number of non-ortho nitro benzene ring substituents is 1. The van der Waals surface area contributed by atoms with Crippen LogP contribution in [0, 0.1) is 10.1 Å². The lowest BCUT2D eigenvalue weighted by molar-refractivity contribution is -0.384. The van der Waals surface area contributed by atoms with Crippen LogP contribution in [0.3, 0.4) is 0 Å². The highest BCUT2D eigenvalue weighted by molar-refractivity contribution is 6.19. The van der Waals surface area contributed by atoms with Crippen molar-refractivity contribution in [1.82, 2.24) is 0 Å². The number of rotatable bonds is 8. The van der Waals surface area contributed by atoms with Gasteiger partial charge < -0.3 is 9.47 Å². The highest BCUT2D eigenvalue weighted by Crippen LogP contribution is 2.23. The van der Waals surface area contributed by atoms with Crippen LogP contribution in [0.15, 0.2) is 54.1 Å². The first kappa shape index (κ1) is 19.8. The molecule has 7 heteroatoms. The average molecular weight is 369 g/mol. The van der Waals surface area contributed by atoms with Gasteiger partial charge in [0.25, 0.3) is 5.69 Å². The van der Waals surface area contributed by atoms with E-state index in [2.05, 4.69) is 0 Å². The summed E-state index contributed by atoms with van der Waals surface area (Å²) in [6.45, 7) is 3.30. The van der Waals surface area contributed by atoms with Crippen molar-refractivity contribution in [3.63, 3.8) is 0 Å². The molecule has 0 aliphatic rings. The van der Waals surface area contributed by atoms with Crippen LogP contribution < -0.4 is 4.74 Å². The molecule has 0 bridgehead atoms. The summed E-state index contributed by atoms with van der Waals surface area (Å²) in [5.41, 5.74) is 1.24. The average Bonchev–Trinajstić information content (AvgIpc) is 2.65. The van der Waals surface area contributed by atoms with Crippen LogP contribution in [-0.4, -0.2) is 23.3 Å². The number of ketones is 1. The molecule has 0 aliphatic carbocycles. The Morgan fingerprint density at radius 1 is 1.11 bits per heavy atom. The van der Waals surface area contributed by atoms with Crippen LogP contribution in [0.2, 0.25) is 0 Å². The van der Waals surface area contributed by atoms with E-state index in [0.717, 1.165) is 5.56 Å². The van der Waals surface area contributed by atoms with Crippen LogP contribution >= 0.6 is 0 Å². The van der Waals surface area contributed by atoms with Gasteiger partial charge in [0.1, 0.15) is 17.9 Å². The number of nitro benzene ring substituents is 1. The van der Waals surface area contributed by atoms with Crippen molar-refractivity contribution >= 4 is 23.5 Å². The summed E-state index contributed by atoms with van der Waals surface area (Å²) < 4.78 is 10.7. The van der Waals surface area contributed by atoms with E-state index in [9.17, 15) is 19.7 Å². The fraction of sp³-hybridized carbons (Fsp3) is 0.200. The van der Waals surface area contributed by atoms with Crippen molar-refractivity contribution in [2.75, 3.05) is 6.61 Å². The number of benzene rings is 2. The molecule has 0 saturated heterocycles. The number of carbonyl (C=O) groups excluding carboxylic acids is 2. The van der Waals surface area contributed by atoms with E-state index in [1.54, 1.807) is 43.3 Å². The number of Topliss-reactive ketones (excluding diaryl/α,β-unsaturated/α-hetero) is 1. The van der Waals surface area contributed by atoms with Crippen LogP contribution in [0.25, 0.3) is 6.08 Å². The molecule has 27 heavy (non-hydrogen) atoms. The molecular formula is C20H19NO6. The van der Waals surface area contributed by atoms with Crippen molar-refractivity contribution in [3.05, 3.63) is 75.3 Å². The Kier molecular flexibility index (Phi) is 6.82. The highest BCUT2D eigenvalue weighted by Gasteiger charge is 2.16. The number of nitro groups is 1. The Hall–Kier alpha value is -3.48. The molecule has 0 heterocycles. The summed E-state index contributed by atoms with van der Waals surface area (Å²) in [6, 6.07) is 13.0. The number of ether oxygens (including phenoxy) is 2. The zero-order valence-electron chi connectivity index (χ0n) is 15.0. The standard InChI is InChI=1S/C20H19NO6/c1-3-26-20(23)18(14(2)22)12-16-6-4-5-7-19(16)27-13-15-8-10-17(11-9-15)21(24)25/h4-12H,3,13H2,1-2H3. The molecule has 0 amide bonds. The Morgan fingerprint density at radius 3 is 2.37 bits per heavy atom. The molecule has 0 N–H and O–H groups in total. The predicted molar refractivity (Wildman–Crippen MR) is 99.2 cm³/mol. The van der Waals surface area contributed by atoms with Gasteiger partial charge in [0.15, 0.2) is 5.78 Å². The highest BCUT2D eigenvalue weighted by atomic mass is 16.6. The van der Waals surface area contributed by atoms with Gasteiger partial charge in [-0.2, -0.15) is 0 Å². The molecule has 0 spiro atoms. The lowest BCUT2D eigenvalue weighted by Gasteiger charge is -2.10. The molecule has 0 fully saturated rings. The quantitative estimate of drug-likeness (QED) is 0.176.